The van der Waals surface area contributed by atoms with Gasteiger partial charge in [0.15, 0.2) is 5.78 Å². The van der Waals surface area contributed by atoms with Crippen LogP contribution in [0.15, 0.2) is 18.2 Å². The Bertz CT molecular complexity index is 491. The van der Waals surface area contributed by atoms with Crippen LogP contribution in [0.4, 0.5) is 0 Å². The van der Waals surface area contributed by atoms with Gasteiger partial charge in [-0.1, -0.05) is 0 Å². The number of carbonyl (C=O) groups excluding carboxylic acids is 2. The Morgan fingerprint density at radius 1 is 1.29 bits per heavy atom. The van der Waals surface area contributed by atoms with Crippen LogP contribution in [0.3, 0.4) is 0 Å². The quantitative estimate of drug-likeness (QED) is 0.557. The third kappa shape index (κ3) is 6.18. The van der Waals surface area contributed by atoms with Gasteiger partial charge in [-0.25, -0.2) is 0 Å². The minimum Gasteiger partial charge on any atom is -0.496 e. The summed E-state index contributed by atoms with van der Waals surface area (Å²) in [5.74, 6) is 1.69. The average Bonchev–Trinajstić information content (AvgIpc) is 2.47. The van der Waals surface area contributed by atoms with Crippen LogP contribution in [0.1, 0.15) is 22.8 Å². The Labute approximate surface area is 129 Å². The largest absolute Gasteiger partial charge is 0.496 e. The molecular formula is C15H21NO4S. The standard InChI is InChI=1S/C15H21NO4S/c1-11(17)12-4-5-14(20-3)13(8-12)9-21-10-15(18)16-6-7-19-2/h4-5,8H,6-7,9-10H2,1-3H3,(H,16,18). The number of amides is 1. The Balaban J connectivity index is 2.52. The van der Waals surface area contributed by atoms with E-state index in [2.05, 4.69) is 5.32 Å². The van der Waals surface area contributed by atoms with Crippen LogP contribution in [0.25, 0.3) is 0 Å². The summed E-state index contributed by atoms with van der Waals surface area (Å²) < 4.78 is 10.1. The number of ether oxygens (including phenoxy) is 2. The van der Waals surface area contributed by atoms with Crippen LogP contribution in [0.5, 0.6) is 5.75 Å². The topological polar surface area (TPSA) is 64.6 Å². The van der Waals surface area contributed by atoms with Gasteiger partial charge in [0.25, 0.3) is 0 Å². The normalized spacial score (nSPS) is 10.2. The van der Waals surface area contributed by atoms with Gasteiger partial charge >= 0.3 is 0 Å². The van der Waals surface area contributed by atoms with Crippen molar-refractivity contribution in [1.82, 2.24) is 5.32 Å². The van der Waals surface area contributed by atoms with Gasteiger partial charge in [0.1, 0.15) is 5.75 Å². The first kappa shape index (κ1) is 17.5. The van der Waals surface area contributed by atoms with Gasteiger partial charge in [0.2, 0.25) is 5.91 Å². The molecule has 0 aliphatic heterocycles. The van der Waals surface area contributed by atoms with Crippen LogP contribution in [-0.2, 0) is 15.3 Å². The lowest BCUT2D eigenvalue weighted by Gasteiger charge is -2.10. The Morgan fingerprint density at radius 3 is 2.67 bits per heavy atom. The van der Waals surface area contributed by atoms with Crippen molar-refractivity contribution in [1.29, 1.82) is 0 Å². The van der Waals surface area contributed by atoms with Crippen molar-refractivity contribution in [3.05, 3.63) is 29.3 Å². The highest BCUT2D eigenvalue weighted by molar-refractivity contribution is 7.99. The van der Waals surface area contributed by atoms with Crippen molar-refractivity contribution in [2.45, 2.75) is 12.7 Å². The highest BCUT2D eigenvalue weighted by Crippen LogP contribution is 2.24. The number of Topliss-reactive ketones (excluding diaryl/α,β-unsaturated/α-hetero) is 1. The van der Waals surface area contributed by atoms with Crippen molar-refractivity contribution in [2.75, 3.05) is 33.1 Å². The van der Waals surface area contributed by atoms with E-state index < -0.39 is 0 Å². The molecule has 0 heterocycles. The fourth-order valence-electron chi connectivity index (χ4n) is 1.71. The lowest BCUT2D eigenvalue weighted by molar-refractivity contribution is -0.118. The summed E-state index contributed by atoms with van der Waals surface area (Å²) >= 11 is 1.48. The molecule has 116 valence electrons. The van der Waals surface area contributed by atoms with E-state index in [-0.39, 0.29) is 11.7 Å². The lowest BCUT2D eigenvalue weighted by Crippen LogP contribution is -2.28. The maximum absolute atomic E-state index is 11.6. The van der Waals surface area contributed by atoms with Gasteiger partial charge in [0, 0.05) is 30.5 Å². The van der Waals surface area contributed by atoms with E-state index >= 15 is 0 Å². The van der Waals surface area contributed by atoms with E-state index in [0.29, 0.717) is 30.2 Å². The number of thioether (sulfide) groups is 1. The van der Waals surface area contributed by atoms with Crippen molar-refractivity contribution in [3.8, 4) is 5.75 Å². The van der Waals surface area contributed by atoms with E-state index in [1.807, 2.05) is 6.07 Å². The number of ketones is 1. The molecule has 6 heteroatoms. The Morgan fingerprint density at radius 2 is 2.05 bits per heavy atom. The van der Waals surface area contributed by atoms with Gasteiger partial charge in [-0.05, 0) is 25.1 Å². The maximum atomic E-state index is 11.6. The number of benzene rings is 1. The number of methoxy groups -OCH3 is 2. The molecule has 0 unspecified atom stereocenters. The molecule has 1 rings (SSSR count). The zero-order valence-corrected chi connectivity index (χ0v) is 13.4. The summed E-state index contributed by atoms with van der Waals surface area (Å²) in [6.45, 7) is 2.55. The third-order valence-corrected chi connectivity index (χ3v) is 3.79. The smallest absolute Gasteiger partial charge is 0.230 e. The summed E-state index contributed by atoms with van der Waals surface area (Å²) in [5.41, 5.74) is 1.57. The molecule has 0 saturated carbocycles. The van der Waals surface area contributed by atoms with E-state index in [1.165, 1.54) is 18.7 Å². The minimum absolute atomic E-state index is 0.0150. The maximum Gasteiger partial charge on any atom is 0.230 e. The number of hydrogen-bond acceptors (Lipinski definition) is 5. The Kier molecular flexibility index (Phi) is 7.85. The number of nitrogens with one attached hydrogen (secondary N) is 1. The molecule has 0 bridgehead atoms. The number of carbonyl (C=O) groups is 2. The molecule has 0 aromatic heterocycles. The SMILES string of the molecule is COCCNC(=O)CSCc1cc(C(C)=O)ccc1OC. The fraction of sp³-hybridized carbons (Fsp3) is 0.467. The first-order chi connectivity index (χ1) is 10.1. The molecule has 1 N–H and O–H groups in total. The second kappa shape index (κ2) is 9.41. The molecule has 21 heavy (non-hydrogen) atoms. The van der Waals surface area contributed by atoms with E-state index in [9.17, 15) is 9.59 Å². The minimum atomic E-state index is -0.0289. The monoisotopic (exact) mass is 311 g/mol. The fourth-order valence-corrected chi connectivity index (χ4v) is 2.54. The van der Waals surface area contributed by atoms with E-state index in [1.54, 1.807) is 26.4 Å². The predicted octanol–water partition coefficient (Wildman–Crippen LogP) is 1.89. The summed E-state index contributed by atoms with van der Waals surface area (Å²) in [6.07, 6.45) is 0. The summed E-state index contributed by atoms with van der Waals surface area (Å²) in [4.78, 5) is 23.0. The summed E-state index contributed by atoms with van der Waals surface area (Å²) in [6, 6.07) is 5.34. The Hall–Kier alpha value is -1.53. The van der Waals surface area contributed by atoms with Gasteiger partial charge in [0.05, 0.1) is 19.5 Å². The summed E-state index contributed by atoms with van der Waals surface area (Å²) in [7, 11) is 3.18. The van der Waals surface area contributed by atoms with Gasteiger partial charge < -0.3 is 14.8 Å². The molecule has 0 spiro atoms. The zero-order chi connectivity index (χ0) is 15.7. The van der Waals surface area contributed by atoms with Crippen molar-refractivity contribution in [3.63, 3.8) is 0 Å². The molecule has 0 aliphatic rings. The zero-order valence-electron chi connectivity index (χ0n) is 12.6. The predicted molar refractivity (Wildman–Crippen MR) is 84.0 cm³/mol. The number of hydrogen-bond donors (Lipinski definition) is 1. The molecule has 1 aromatic rings. The van der Waals surface area contributed by atoms with E-state index in [4.69, 9.17) is 9.47 Å². The number of rotatable bonds is 9. The molecule has 0 saturated heterocycles. The second-order valence-corrected chi connectivity index (χ2v) is 5.40. The molecular weight excluding hydrogens is 290 g/mol. The van der Waals surface area contributed by atoms with Gasteiger partial charge in [-0.2, -0.15) is 0 Å². The van der Waals surface area contributed by atoms with Crippen LogP contribution in [0, 0.1) is 0 Å². The highest BCUT2D eigenvalue weighted by Gasteiger charge is 2.08. The van der Waals surface area contributed by atoms with Gasteiger partial charge in [-0.3, -0.25) is 9.59 Å². The molecule has 1 aromatic carbocycles. The molecule has 5 nitrogen and oxygen atoms in total. The first-order valence-corrected chi connectivity index (χ1v) is 7.75. The second-order valence-electron chi connectivity index (χ2n) is 4.42. The van der Waals surface area contributed by atoms with Crippen LogP contribution < -0.4 is 10.1 Å². The van der Waals surface area contributed by atoms with Gasteiger partial charge in [-0.15, -0.1) is 11.8 Å². The molecule has 0 radical (unpaired) electrons. The van der Waals surface area contributed by atoms with Crippen molar-refractivity contribution >= 4 is 23.5 Å². The molecule has 0 fully saturated rings. The average molecular weight is 311 g/mol. The van der Waals surface area contributed by atoms with Crippen LogP contribution >= 0.6 is 11.8 Å². The van der Waals surface area contributed by atoms with Crippen LogP contribution in [0.2, 0.25) is 0 Å². The molecule has 0 atom stereocenters. The first-order valence-electron chi connectivity index (χ1n) is 6.59. The lowest BCUT2D eigenvalue weighted by atomic mass is 10.1. The van der Waals surface area contributed by atoms with Crippen molar-refractivity contribution in [2.24, 2.45) is 0 Å². The highest BCUT2D eigenvalue weighted by atomic mass is 32.2. The molecule has 1 amide bonds. The van der Waals surface area contributed by atoms with Crippen molar-refractivity contribution < 1.29 is 19.1 Å². The summed E-state index contributed by atoms with van der Waals surface area (Å²) in [5, 5.41) is 2.76. The molecule has 0 aliphatic carbocycles. The third-order valence-electron chi connectivity index (χ3n) is 2.81. The van der Waals surface area contributed by atoms with E-state index in [0.717, 1.165) is 11.3 Å². The van der Waals surface area contributed by atoms with Crippen LogP contribution in [-0.4, -0.2) is 44.8 Å².